The number of nitrogens with two attached hydrogens (primary N) is 1. The Balaban J connectivity index is 2.24. The standard InChI is InChI=1S/C12H10F2N2/c13-8-2-1-3-9(6-8)16-10-4-5-12(15)11(14)7-10/h1-7,16H,15H2. The van der Waals surface area contributed by atoms with E-state index in [1.54, 1.807) is 18.2 Å². The lowest BCUT2D eigenvalue weighted by Crippen LogP contribution is -1.94. The van der Waals surface area contributed by atoms with Crippen molar-refractivity contribution in [3.05, 3.63) is 54.1 Å². The third-order valence-corrected chi connectivity index (χ3v) is 2.11. The van der Waals surface area contributed by atoms with E-state index in [2.05, 4.69) is 5.32 Å². The lowest BCUT2D eigenvalue weighted by atomic mass is 10.2. The van der Waals surface area contributed by atoms with Crippen molar-refractivity contribution in [2.45, 2.75) is 0 Å². The van der Waals surface area contributed by atoms with Crippen LogP contribution in [-0.2, 0) is 0 Å². The maximum atomic E-state index is 13.1. The molecule has 82 valence electrons. The van der Waals surface area contributed by atoms with Crippen molar-refractivity contribution in [1.29, 1.82) is 0 Å². The van der Waals surface area contributed by atoms with E-state index < -0.39 is 5.82 Å². The van der Waals surface area contributed by atoms with Crippen LogP contribution in [0.3, 0.4) is 0 Å². The number of rotatable bonds is 2. The molecule has 0 aliphatic rings. The average Bonchev–Trinajstić information content (AvgIpc) is 2.24. The van der Waals surface area contributed by atoms with Crippen LogP contribution in [0.1, 0.15) is 0 Å². The van der Waals surface area contributed by atoms with Crippen molar-refractivity contribution in [3.63, 3.8) is 0 Å². The molecule has 0 saturated carbocycles. The van der Waals surface area contributed by atoms with Crippen molar-refractivity contribution >= 4 is 17.1 Å². The molecule has 0 fully saturated rings. The molecule has 2 rings (SSSR count). The molecular weight excluding hydrogens is 210 g/mol. The Labute approximate surface area is 91.7 Å². The van der Waals surface area contributed by atoms with Crippen LogP contribution in [0.15, 0.2) is 42.5 Å². The first-order valence-electron chi connectivity index (χ1n) is 4.73. The van der Waals surface area contributed by atoms with Gasteiger partial charge >= 0.3 is 0 Å². The average molecular weight is 220 g/mol. The van der Waals surface area contributed by atoms with Crippen LogP contribution >= 0.6 is 0 Å². The van der Waals surface area contributed by atoms with Crippen LogP contribution in [-0.4, -0.2) is 0 Å². The quantitative estimate of drug-likeness (QED) is 0.762. The van der Waals surface area contributed by atoms with Gasteiger partial charge in [0.15, 0.2) is 0 Å². The van der Waals surface area contributed by atoms with Crippen molar-refractivity contribution in [2.75, 3.05) is 11.1 Å². The maximum absolute atomic E-state index is 13.1. The van der Waals surface area contributed by atoms with Crippen molar-refractivity contribution in [3.8, 4) is 0 Å². The highest BCUT2D eigenvalue weighted by Crippen LogP contribution is 2.20. The summed E-state index contributed by atoms with van der Waals surface area (Å²) in [7, 11) is 0. The summed E-state index contributed by atoms with van der Waals surface area (Å²) >= 11 is 0. The number of halogens is 2. The van der Waals surface area contributed by atoms with Crippen LogP contribution in [0.5, 0.6) is 0 Å². The minimum atomic E-state index is -0.499. The summed E-state index contributed by atoms with van der Waals surface area (Å²) in [5.74, 6) is -0.845. The number of hydrogen-bond acceptors (Lipinski definition) is 2. The van der Waals surface area contributed by atoms with Gasteiger partial charge in [-0.3, -0.25) is 0 Å². The van der Waals surface area contributed by atoms with Crippen LogP contribution in [0.4, 0.5) is 25.8 Å². The molecule has 2 aromatic rings. The molecule has 3 N–H and O–H groups in total. The van der Waals surface area contributed by atoms with Gasteiger partial charge in [0.05, 0.1) is 5.69 Å². The molecule has 4 heteroatoms. The van der Waals surface area contributed by atoms with E-state index in [-0.39, 0.29) is 11.5 Å². The van der Waals surface area contributed by atoms with Crippen LogP contribution in [0, 0.1) is 11.6 Å². The second-order valence-corrected chi connectivity index (χ2v) is 3.37. The van der Waals surface area contributed by atoms with Gasteiger partial charge in [0.1, 0.15) is 11.6 Å². The van der Waals surface area contributed by atoms with Crippen LogP contribution < -0.4 is 11.1 Å². The van der Waals surface area contributed by atoms with Crippen molar-refractivity contribution in [1.82, 2.24) is 0 Å². The summed E-state index contributed by atoms with van der Waals surface area (Å²) in [5.41, 5.74) is 6.52. The summed E-state index contributed by atoms with van der Waals surface area (Å²) in [6.07, 6.45) is 0. The lowest BCUT2D eigenvalue weighted by molar-refractivity contribution is 0.628. The molecule has 0 bridgehead atoms. The number of benzene rings is 2. The fourth-order valence-corrected chi connectivity index (χ4v) is 1.34. The van der Waals surface area contributed by atoms with Crippen molar-refractivity contribution < 1.29 is 8.78 Å². The molecule has 0 radical (unpaired) electrons. The van der Waals surface area contributed by atoms with Gasteiger partial charge in [-0.1, -0.05) is 6.07 Å². The van der Waals surface area contributed by atoms with E-state index in [0.29, 0.717) is 11.4 Å². The molecule has 0 unspecified atom stereocenters. The normalized spacial score (nSPS) is 10.1. The van der Waals surface area contributed by atoms with Gasteiger partial charge in [-0.05, 0) is 36.4 Å². The molecule has 16 heavy (non-hydrogen) atoms. The number of anilines is 3. The summed E-state index contributed by atoms with van der Waals surface area (Å²) in [4.78, 5) is 0. The molecule has 0 atom stereocenters. The Hall–Kier alpha value is -2.10. The van der Waals surface area contributed by atoms with Crippen LogP contribution in [0.25, 0.3) is 0 Å². The fraction of sp³-hybridized carbons (Fsp3) is 0. The maximum Gasteiger partial charge on any atom is 0.148 e. The predicted molar refractivity (Wildman–Crippen MR) is 60.5 cm³/mol. The number of nitrogen functional groups attached to an aromatic ring is 1. The van der Waals surface area contributed by atoms with Gasteiger partial charge in [0.2, 0.25) is 0 Å². The first kappa shape index (κ1) is 10.4. The zero-order valence-electron chi connectivity index (χ0n) is 8.37. The van der Waals surface area contributed by atoms with Gasteiger partial charge in [0.25, 0.3) is 0 Å². The summed E-state index contributed by atoms with van der Waals surface area (Å²) in [6, 6.07) is 10.3. The lowest BCUT2D eigenvalue weighted by Gasteiger charge is -2.07. The second-order valence-electron chi connectivity index (χ2n) is 3.37. The first-order valence-corrected chi connectivity index (χ1v) is 4.73. The van der Waals surface area contributed by atoms with E-state index >= 15 is 0 Å². The van der Waals surface area contributed by atoms with E-state index in [9.17, 15) is 8.78 Å². The Morgan fingerprint density at radius 2 is 1.69 bits per heavy atom. The molecule has 0 spiro atoms. The van der Waals surface area contributed by atoms with E-state index in [0.717, 1.165) is 0 Å². The Morgan fingerprint density at radius 1 is 0.938 bits per heavy atom. The highest BCUT2D eigenvalue weighted by Gasteiger charge is 2.00. The van der Waals surface area contributed by atoms with Gasteiger partial charge < -0.3 is 11.1 Å². The zero-order valence-corrected chi connectivity index (χ0v) is 8.37. The van der Waals surface area contributed by atoms with E-state index in [4.69, 9.17) is 5.73 Å². The molecule has 0 aromatic heterocycles. The van der Waals surface area contributed by atoms with Gasteiger partial charge in [-0.25, -0.2) is 8.78 Å². The number of nitrogens with one attached hydrogen (secondary N) is 1. The van der Waals surface area contributed by atoms with Crippen LogP contribution in [0.2, 0.25) is 0 Å². The predicted octanol–water partition coefficient (Wildman–Crippen LogP) is 3.29. The fourth-order valence-electron chi connectivity index (χ4n) is 1.34. The molecule has 0 amide bonds. The Kier molecular flexibility index (Phi) is 2.72. The topological polar surface area (TPSA) is 38.0 Å². The highest BCUT2D eigenvalue weighted by atomic mass is 19.1. The largest absolute Gasteiger partial charge is 0.396 e. The summed E-state index contributed by atoms with van der Waals surface area (Å²) < 4.78 is 26.0. The summed E-state index contributed by atoms with van der Waals surface area (Å²) in [5, 5.41) is 2.88. The molecule has 2 nitrogen and oxygen atoms in total. The molecule has 0 aliphatic heterocycles. The minimum absolute atomic E-state index is 0.0878. The number of hydrogen-bond donors (Lipinski definition) is 2. The molecule has 0 saturated heterocycles. The molecule has 0 aliphatic carbocycles. The minimum Gasteiger partial charge on any atom is -0.396 e. The Bertz CT molecular complexity index is 512. The molecular formula is C12H10F2N2. The van der Waals surface area contributed by atoms with Gasteiger partial charge in [-0.15, -0.1) is 0 Å². The third-order valence-electron chi connectivity index (χ3n) is 2.11. The monoisotopic (exact) mass is 220 g/mol. The third kappa shape index (κ3) is 2.28. The van der Waals surface area contributed by atoms with E-state index in [1.807, 2.05) is 0 Å². The van der Waals surface area contributed by atoms with Crippen molar-refractivity contribution in [2.24, 2.45) is 0 Å². The molecule has 0 heterocycles. The first-order chi connectivity index (χ1) is 7.65. The highest BCUT2D eigenvalue weighted by molar-refractivity contribution is 5.62. The van der Waals surface area contributed by atoms with E-state index in [1.165, 1.54) is 24.3 Å². The summed E-state index contributed by atoms with van der Waals surface area (Å²) in [6.45, 7) is 0. The zero-order chi connectivity index (χ0) is 11.5. The Morgan fingerprint density at radius 3 is 2.38 bits per heavy atom. The second kappa shape index (κ2) is 4.18. The van der Waals surface area contributed by atoms with Gasteiger partial charge in [0, 0.05) is 11.4 Å². The molecule has 2 aromatic carbocycles. The smallest absolute Gasteiger partial charge is 0.148 e. The SMILES string of the molecule is Nc1ccc(Nc2cccc(F)c2)cc1F. The van der Waals surface area contributed by atoms with Gasteiger partial charge in [-0.2, -0.15) is 0 Å².